The summed E-state index contributed by atoms with van der Waals surface area (Å²) in [5.41, 5.74) is 1.75. The third kappa shape index (κ3) is 4.60. The van der Waals surface area contributed by atoms with Crippen LogP contribution in [0.25, 0.3) is 11.3 Å². The Labute approximate surface area is 189 Å². The minimum Gasteiger partial charge on any atom is -0.496 e. The van der Waals surface area contributed by atoms with Gasteiger partial charge in [0.2, 0.25) is 5.91 Å². The van der Waals surface area contributed by atoms with Gasteiger partial charge in [0.05, 0.1) is 17.8 Å². The van der Waals surface area contributed by atoms with Crippen molar-refractivity contribution < 1.29 is 13.9 Å². The zero-order valence-electron chi connectivity index (χ0n) is 17.5. The van der Waals surface area contributed by atoms with Crippen molar-refractivity contribution in [1.82, 2.24) is 14.7 Å². The van der Waals surface area contributed by atoms with Crippen molar-refractivity contribution in [3.05, 3.63) is 75.8 Å². The van der Waals surface area contributed by atoms with Crippen LogP contribution in [0.2, 0.25) is 5.02 Å². The lowest BCUT2D eigenvalue weighted by Crippen LogP contribution is -2.50. The van der Waals surface area contributed by atoms with Gasteiger partial charge in [-0.25, -0.2) is 9.07 Å². The smallest absolute Gasteiger partial charge is 0.267 e. The fourth-order valence-corrected chi connectivity index (χ4v) is 3.86. The molecule has 0 saturated carbocycles. The van der Waals surface area contributed by atoms with E-state index >= 15 is 0 Å². The van der Waals surface area contributed by atoms with Crippen molar-refractivity contribution in [3.63, 3.8) is 0 Å². The zero-order valence-corrected chi connectivity index (χ0v) is 18.3. The van der Waals surface area contributed by atoms with Gasteiger partial charge in [0.1, 0.15) is 18.1 Å². The number of methoxy groups -OCH3 is 1. The van der Waals surface area contributed by atoms with Gasteiger partial charge < -0.3 is 14.5 Å². The molecule has 0 aliphatic carbocycles. The van der Waals surface area contributed by atoms with E-state index in [1.165, 1.54) is 16.8 Å². The molecule has 1 amide bonds. The van der Waals surface area contributed by atoms with Gasteiger partial charge in [-0.2, -0.15) is 5.10 Å². The Kier molecular flexibility index (Phi) is 6.41. The number of ether oxygens (including phenoxy) is 1. The first kappa shape index (κ1) is 21.8. The highest BCUT2D eigenvalue weighted by Crippen LogP contribution is 2.27. The molecule has 7 nitrogen and oxygen atoms in total. The van der Waals surface area contributed by atoms with Crippen LogP contribution in [0.5, 0.6) is 5.75 Å². The van der Waals surface area contributed by atoms with Gasteiger partial charge in [-0.05, 0) is 36.4 Å². The van der Waals surface area contributed by atoms with E-state index in [9.17, 15) is 14.0 Å². The Morgan fingerprint density at radius 1 is 1.09 bits per heavy atom. The molecule has 0 atom stereocenters. The number of carbonyl (C=O) groups excluding carboxylic acids is 1. The molecular formula is C23H22ClFN4O3. The van der Waals surface area contributed by atoms with Crippen LogP contribution in [0, 0.1) is 5.82 Å². The van der Waals surface area contributed by atoms with Gasteiger partial charge in [-0.15, -0.1) is 0 Å². The SMILES string of the molecule is COc1ccccc1-c1ccc(=O)n(CC(=O)N2CCN(c3ccc(F)c(Cl)c3)CC2)n1. The number of aromatic nitrogens is 2. The van der Waals surface area contributed by atoms with Crippen molar-refractivity contribution in [2.75, 3.05) is 38.2 Å². The van der Waals surface area contributed by atoms with Crippen LogP contribution in [-0.2, 0) is 11.3 Å². The molecule has 1 aliphatic rings. The number of hydrogen-bond acceptors (Lipinski definition) is 5. The molecule has 0 spiro atoms. The van der Waals surface area contributed by atoms with Crippen LogP contribution < -0.4 is 15.2 Å². The van der Waals surface area contributed by atoms with Crippen molar-refractivity contribution in [2.45, 2.75) is 6.54 Å². The molecule has 9 heteroatoms. The van der Waals surface area contributed by atoms with Crippen LogP contribution in [0.3, 0.4) is 0 Å². The van der Waals surface area contributed by atoms with Crippen LogP contribution in [0.1, 0.15) is 0 Å². The Morgan fingerprint density at radius 2 is 1.84 bits per heavy atom. The van der Waals surface area contributed by atoms with Gasteiger partial charge in [0.15, 0.2) is 0 Å². The molecule has 4 rings (SSSR count). The maximum Gasteiger partial charge on any atom is 0.267 e. The Bertz CT molecular complexity index is 1190. The number of anilines is 1. The van der Waals surface area contributed by atoms with E-state index in [-0.39, 0.29) is 23.0 Å². The Morgan fingerprint density at radius 3 is 2.56 bits per heavy atom. The van der Waals surface area contributed by atoms with E-state index in [0.717, 1.165) is 11.3 Å². The fraction of sp³-hybridized carbons (Fsp3) is 0.261. The number of carbonyl (C=O) groups is 1. The zero-order chi connectivity index (χ0) is 22.7. The normalized spacial score (nSPS) is 13.8. The van der Waals surface area contributed by atoms with Crippen molar-refractivity contribution in [2.24, 2.45) is 0 Å². The maximum absolute atomic E-state index is 13.4. The Balaban J connectivity index is 1.44. The highest BCUT2D eigenvalue weighted by atomic mass is 35.5. The number of hydrogen-bond donors (Lipinski definition) is 0. The number of benzene rings is 2. The average Bonchev–Trinajstić information content (AvgIpc) is 2.82. The molecule has 166 valence electrons. The summed E-state index contributed by atoms with van der Waals surface area (Å²) in [6.45, 7) is 1.97. The first-order valence-corrected chi connectivity index (χ1v) is 10.5. The summed E-state index contributed by atoms with van der Waals surface area (Å²) < 4.78 is 20.0. The molecule has 1 aromatic heterocycles. The molecule has 32 heavy (non-hydrogen) atoms. The predicted octanol–water partition coefficient (Wildman–Crippen LogP) is 3.06. The summed E-state index contributed by atoms with van der Waals surface area (Å²) in [7, 11) is 1.57. The lowest BCUT2D eigenvalue weighted by Gasteiger charge is -2.36. The van der Waals surface area contributed by atoms with Crippen molar-refractivity contribution in [1.29, 1.82) is 0 Å². The summed E-state index contributed by atoms with van der Waals surface area (Å²) in [5, 5.41) is 4.45. The third-order valence-corrected chi connectivity index (χ3v) is 5.72. The molecule has 0 N–H and O–H groups in total. The number of amides is 1. The van der Waals surface area contributed by atoms with Crippen molar-refractivity contribution >= 4 is 23.2 Å². The fourth-order valence-electron chi connectivity index (χ4n) is 3.69. The number of para-hydroxylation sites is 1. The molecule has 2 aromatic carbocycles. The van der Waals surface area contributed by atoms with E-state index in [0.29, 0.717) is 37.6 Å². The third-order valence-electron chi connectivity index (χ3n) is 5.44. The second-order valence-corrected chi connectivity index (χ2v) is 7.79. The monoisotopic (exact) mass is 456 g/mol. The summed E-state index contributed by atoms with van der Waals surface area (Å²) in [5.74, 6) is -0.0142. The molecule has 1 fully saturated rings. The van der Waals surface area contributed by atoms with E-state index in [1.807, 2.05) is 29.2 Å². The lowest BCUT2D eigenvalue weighted by atomic mass is 10.1. The van der Waals surface area contributed by atoms with E-state index in [1.54, 1.807) is 30.2 Å². The first-order chi connectivity index (χ1) is 15.5. The minimum atomic E-state index is -0.461. The van der Waals surface area contributed by atoms with Gasteiger partial charge >= 0.3 is 0 Å². The Hall–Kier alpha value is -3.39. The van der Waals surface area contributed by atoms with Gasteiger partial charge in [0, 0.05) is 43.5 Å². The number of rotatable bonds is 5. The lowest BCUT2D eigenvalue weighted by molar-refractivity contribution is -0.132. The molecule has 0 radical (unpaired) electrons. The molecular weight excluding hydrogens is 435 g/mol. The molecule has 2 heterocycles. The van der Waals surface area contributed by atoms with Crippen molar-refractivity contribution in [3.8, 4) is 17.0 Å². The van der Waals surface area contributed by atoms with Gasteiger partial charge in [0.25, 0.3) is 5.56 Å². The predicted molar refractivity (Wildman–Crippen MR) is 121 cm³/mol. The van der Waals surface area contributed by atoms with Crippen LogP contribution >= 0.6 is 11.6 Å². The summed E-state index contributed by atoms with van der Waals surface area (Å²) in [6.07, 6.45) is 0. The van der Waals surface area contributed by atoms with Gasteiger partial charge in [-0.1, -0.05) is 23.7 Å². The molecule has 3 aromatic rings. The average molecular weight is 457 g/mol. The summed E-state index contributed by atoms with van der Waals surface area (Å²) in [4.78, 5) is 28.9. The molecule has 0 bridgehead atoms. The highest BCUT2D eigenvalue weighted by molar-refractivity contribution is 6.31. The standard InChI is InChI=1S/C23H22ClFN4O3/c1-32-21-5-3-2-4-17(21)20-8-9-22(30)29(26-20)15-23(31)28-12-10-27(11-13-28)16-6-7-19(25)18(24)14-16/h2-9,14H,10-13,15H2,1H3. The van der Waals surface area contributed by atoms with E-state index < -0.39 is 5.82 Å². The maximum atomic E-state index is 13.4. The molecule has 0 unspecified atom stereocenters. The van der Waals surface area contributed by atoms with E-state index in [2.05, 4.69) is 5.10 Å². The summed E-state index contributed by atoms with van der Waals surface area (Å²) >= 11 is 5.88. The van der Waals surface area contributed by atoms with Crippen LogP contribution in [0.15, 0.2) is 59.4 Å². The molecule has 1 saturated heterocycles. The summed E-state index contributed by atoms with van der Waals surface area (Å²) in [6, 6.07) is 15.0. The number of nitrogens with zero attached hydrogens (tertiary/aromatic N) is 4. The largest absolute Gasteiger partial charge is 0.496 e. The number of halogens is 2. The van der Waals surface area contributed by atoms with Gasteiger partial charge in [-0.3, -0.25) is 9.59 Å². The quantitative estimate of drug-likeness (QED) is 0.590. The van der Waals surface area contributed by atoms with Crippen LogP contribution in [0.4, 0.5) is 10.1 Å². The highest BCUT2D eigenvalue weighted by Gasteiger charge is 2.22. The first-order valence-electron chi connectivity index (χ1n) is 10.2. The minimum absolute atomic E-state index is 0.0707. The molecule has 1 aliphatic heterocycles. The number of piperazine rings is 1. The second kappa shape index (κ2) is 9.40. The second-order valence-electron chi connectivity index (χ2n) is 7.38. The van der Waals surface area contributed by atoms with E-state index in [4.69, 9.17) is 16.3 Å². The van der Waals surface area contributed by atoms with Crippen LogP contribution in [-0.4, -0.2) is 53.9 Å². The topological polar surface area (TPSA) is 67.7 Å².